The van der Waals surface area contributed by atoms with E-state index in [0.717, 1.165) is 0 Å². The molecule has 0 saturated carbocycles. The van der Waals surface area contributed by atoms with Crippen LogP contribution in [0.4, 0.5) is 0 Å². The Morgan fingerprint density at radius 3 is 3.00 bits per heavy atom. The van der Waals surface area contributed by atoms with Crippen LogP contribution in [0.1, 0.15) is 26.2 Å². The molecule has 0 amide bonds. The highest BCUT2D eigenvalue weighted by Gasteiger charge is 2.29. The number of nitriles is 1. The predicted molar refractivity (Wildman–Crippen MR) is 45.8 cm³/mol. The maximum atomic E-state index is 9.45. The number of aliphatic hydroxyl groups excluding tert-OH is 1. The third-order valence-corrected chi connectivity index (χ3v) is 2.10. The highest BCUT2D eigenvalue weighted by Crippen LogP contribution is 2.22. The van der Waals surface area contributed by atoms with E-state index >= 15 is 0 Å². The highest BCUT2D eigenvalue weighted by molar-refractivity contribution is 4.84. The van der Waals surface area contributed by atoms with Gasteiger partial charge in [-0.3, -0.25) is 0 Å². The summed E-state index contributed by atoms with van der Waals surface area (Å²) in [5.41, 5.74) is 0. The van der Waals surface area contributed by atoms with Gasteiger partial charge in [0.1, 0.15) is 0 Å². The lowest BCUT2D eigenvalue weighted by atomic mass is 10.0. The summed E-state index contributed by atoms with van der Waals surface area (Å²) in [5.74, 6) is 0. The molecule has 3 atom stereocenters. The Morgan fingerprint density at radius 2 is 2.38 bits per heavy atom. The molecule has 1 aliphatic heterocycles. The smallest absolute Gasteiger partial charge is 0.158 e. The van der Waals surface area contributed by atoms with E-state index in [2.05, 4.69) is 0 Å². The average Bonchev–Trinajstić information content (AvgIpc) is 2.12. The van der Waals surface area contributed by atoms with Crippen molar-refractivity contribution in [2.24, 2.45) is 0 Å². The largest absolute Gasteiger partial charge is 0.390 e. The van der Waals surface area contributed by atoms with Gasteiger partial charge in [0.25, 0.3) is 0 Å². The fourth-order valence-corrected chi connectivity index (χ4v) is 1.43. The molecule has 1 rings (SSSR count). The van der Waals surface area contributed by atoms with Crippen LogP contribution in [0.25, 0.3) is 0 Å². The van der Waals surface area contributed by atoms with Crippen LogP contribution in [0.3, 0.4) is 0 Å². The second-order valence-electron chi connectivity index (χ2n) is 3.07. The first-order valence-electron chi connectivity index (χ1n) is 4.60. The van der Waals surface area contributed by atoms with Crippen LogP contribution >= 0.6 is 0 Å². The summed E-state index contributed by atoms with van der Waals surface area (Å²) in [6.07, 6.45) is 0.442. The molecule has 0 bridgehead atoms. The van der Waals surface area contributed by atoms with Gasteiger partial charge in [-0.25, -0.2) is 0 Å². The minimum Gasteiger partial charge on any atom is -0.390 e. The van der Waals surface area contributed by atoms with Gasteiger partial charge in [-0.05, 0) is 13.3 Å². The van der Waals surface area contributed by atoms with E-state index in [-0.39, 0.29) is 18.8 Å². The normalized spacial score (nSPS) is 34.1. The molecule has 0 aromatic rings. The fourth-order valence-electron chi connectivity index (χ4n) is 1.43. The number of hydrogen-bond donors (Lipinski definition) is 1. The second kappa shape index (κ2) is 5.18. The summed E-state index contributed by atoms with van der Waals surface area (Å²) in [5, 5.41) is 17.9. The quantitative estimate of drug-likeness (QED) is 0.706. The highest BCUT2D eigenvalue weighted by atomic mass is 16.7. The lowest BCUT2D eigenvalue weighted by Gasteiger charge is -2.32. The molecule has 4 heteroatoms. The zero-order valence-electron chi connectivity index (χ0n) is 7.77. The number of nitrogens with zero attached hydrogens (tertiary/aromatic N) is 1. The number of ether oxygens (including phenoxy) is 2. The molecule has 0 aromatic carbocycles. The van der Waals surface area contributed by atoms with E-state index in [0.29, 0.717) is 19.4 Å². The maximum Gasteiger partial charge on any atom is 0.158 e. The van der Waals surface area contributed by atoms with Crippen LogP contribution in [0, 0.1) is 11.3 Å². The van der Waals surface area contributed by atoms with Crippen LogP contribution in [0.15, 0.2) is 0 Å². The zero-order chi connectivity index (χ0) is 9.68. The molecule has 13 heavy (non-hydrogen) atoms. The molecule has 0 radical (unpaired) electrons. The van der Waals surface area contributed by atoms with Crippen LogP contribution < -0.4 is 0 Å². The Balaban J connectivity index is 2.39. The van der Waals surface area contributed by atoms with Crippen molar-refractivity contribution in [2.75, 3.05) is 6.61 Å². The summed E-state index contributed by atoms with van der Waals surface area (Å²) in [6.45, 7) is 2.49. The monoisotopic (exact) mass is 185 g/mol. The SMILES string of the molecule is CCO[C@@H]1CC[C@H](O)[C@@H](CC#N)O1. The molecule has 0 aromatic heterocycles. The molecule has 4 nitrogen and oxygen atoms in total. The van der Waals surface area contributed by atoms with Gasteiger partial charge in [-0.2, -0.15) is 5.26 Å². The third-order valence-electron chi connectivity index (χ3n) is 2.10. The van der Waals surface area contributed by atoms with E-state index < -0.39 is 6.10 Å². The predicted octanol–water partition coefficient (Wildman–Crippen LogP) is 0.803. The molecule has 74 valence electrons. The summed E-state index contributed by atoms with van der Waals surface area (Å²) < 4.78 is 10.6. The molecule has 0 aliphatic carbocycles. The van der Waals surface area contributed by atoms with Crippen LogP contribution in [-0.2, 0) is 9.47 Å². The van der Waals surface area contributed by atoms with E-state index in [1.807, 2.05) is 13.0 Å². The van der Waals surface area contributed by atoms with E-state index in [1.54, 1.807) is 0 Å². The molecular weight excluding hydrogens is 170 g/mol. The fraction of sp³-hybridized carbons (Fsp3) is 0.889. The Labute approximate surface area is 78.1 Å². The third kappa shape index (κ3) is 2.96. The number of rotatable bonds is 3. The molecule has 1 heterocycles. The van der Waals surface area contributed by atoms with Gasteiger partial charge in [0.15, 0.2) is 6.29 Å². The van der Waals surface area contributed by atoms with E-state index in [9.17, 15) is 5.11 Å². The van der Waals surface area contributed by atoms with E-state index in [4.69, 9.17) is 14.7 Å². The molecule has 0 spiro atoms. The molecule has 1 N–H and O–H groups in total. The molecular formula is C9H15NO3. The summed E-state index contributed by atoms with van der Waals surface area (Å²) in [6, 6.07) is 1.99. The molecule has 1 saturated heterocycles. The van der Waals surface area contributed by atoms with Gasteiger partial charge in [0, 0.05) is 13.0 Å². The standard InChI is InChI=1S/C9H15NO3/c1-2-12-9-4-3-7(11)8(13-9)5-6-10/h7-9,11H,2-5H2,1H3/t7-,8+,9-/m0/s1. The average molecular weight is 185 g/mol. The van der Waals surface area contributed by atoms with Crippen molar-refractivity contribution in [2.45, 2.75) is 44.7 Å². The lowest BCUT2D eigenvalue weighted by Crippen LogP contribution is -2.39. The van der Waals surface area contributed by atoms with Crippen molar-refractivity contribution in [1.82, 2.24) is 0 Å². The van der Waals surface area contributed by atoms with Gasteiger partial charge in [-0.1, -0.05) is 0 Å². The number of hydrogen-bond acceptors (Lipinski definition) is 4. The summed E-state index contributed by atoms with van der Waals surface area (Å²) >= 11 is 0. The zero-order valence-corrected chi connectivity index (χ0v) is 7.77. The second-order valence-corrected chi connectivity index (χ2v) is 3.07. The lowest BCUT2D eigenvalue weighted by molar-refractivity contribution is -0.218. The van der Waals surface area contributed by atoms with Crippen LogP contribution in [0.5, 0.6) is 0 Å². The van der Waals surface area contributed by atoms with Crippen molar-refractivity contribution < 1.29 is 14.6 Å². The minimum absolute atomic E-state index is 0.227. The first kappa shape index (κ1) is 10.5. The summed E-state index contributed by atoms with van der Waals surface area (Å²) in [4.78, 5) is 0. The van der Waals surface area contributed by atoms with Crippen molar-refractivity contribution >= 4 is 0 Å². The Bertz CT molecular complexity index is 190. The van der Waals surface area contributed by atoms with E-state index in [1.165, 1.54) is 0 Å². The molecule has 0 unspecified atom stereocenters. The van der Waals surface area contributed by atoms with Crippen LogP contribution in [-0.4, -0.2) is 30.2 Å². The van der Waals surface area contributed by atoms with Gasteiger partial charge in [-0.15, -0.1) is 0 Å². The summed E-state index contributed by atoms with van der Waals surface area (Å²) in [7, 11) is 0. The van der Waals surface area contributed by atoms with Gasteiger partial charge >= 0.3 is 0 Å². The Kier molecular flexibility index (Phi) is 4.16. The number of aliphatic hydroxyl groups is 1. The minimum atomic E-state index is -0.517. The molecule has 1 aliphatic rings. The van der Waals surface area contributed by atoms with Crippen molar-refractivity contribution in [3.8, 4) is 6.07 Å². The molecule has 1 fully saturated rings. The van der Waals surface area contributed by atoms with Crippen molar-refractivity contribution in [3.63, 3.8) is 0 Å². The Hall–Kier alpha value is -0.630. The maximum absolute atomic E-state index is 9.45. The van der Waals surface area contributed by atoms with Gasteiger partial charge in [0.05, 0.1) is 24.7 Å². The topological polar surface area (TPSA) is 62.5 Å². The van der Waals surface area contributed by atoms with Crippen molar-refractivity contribution in [3.05, 3.63) is 0 Å². The Morgan fingerprint density at radius 1 is 1.62 bits per heavy atom. The van der Waals surface area contributed by atoms with Crippen LogP contribution in [0.2, 0.25) is 0 Å². The van der Waals surface area contributed by atoms with Crippen molar-refractivity contribution in [1.29, 1.82) is 5.26 Å². The van der Waals surface area contributed by atoms with Gasteiger partial charge in [0.2, 0.25) is 0 Å². The van der Waals surface area contributed by atoms with Gasteiger partial charge < -0.3 is 14.6 Å². The first-order valence-corrected chi connectivity index (χ1v) is 4.60. The first-order chi connectivity index (χ1) is 6.27.